The molecule has 0 radical (unpaired) electrons. The second-order valence-corrected chi connectivity index (χ2v) is 18.1. The van der Waals surface area contributed by atoms with Crippen molar-refractivity contribution in [2.75, 3.05) is 0 Å². The zero-order chi connectivity index (χ0) is 28.9. The third-order valence-electron chi connectivity index (χ3n) is 15.1. The summed E-state index contributed by atoms with van der Waals surface area (Å²) in [4.78, 5) is 0. The quantitative estimate of drug-likeness (QED) is 0.330. The van der Waals surface area contributed by atoms with Crippen LogP contribution in [0.25, 0.3) is 0 Å². The summed E-state index contributed by atoms with van der Waals surface area (Å²) in [6, 6.07) is 0. The fourth-order valence-electron chi connectivity index (χ4n) is 13.1. The minimum absolute atomic E-state index is 0.00892. The van der Waals surface area contributed by atoms with E-state index in [-0.39, 0.29) is 40.1 Å². The molecule has 3 heteroatoms. The van der Waals surface area contributed by atoms with Crippen LogP contribution in [-0.4, -0.2) is 33.6 Å². The first kappa shape index (κ1) is 30.3. The Morgan fingerprint density at radius 1 is 0.795 bits per heavy atom. The molecule has 5 aliphatic rings. The SMILES string of the molecule is CC(O)C1C(C)CC2(C)CC3(C)CC4C(C5CCC(C(C)(C)C)CC5)CCC(C)C4C(O)C3C(C)C2(C)C1O. The highest BCUT2D eigenvalue weighted by Crippen LogP contribution is 2.73. The molecule has 3 N–H and O–H groups in total. The van der Waals surface area contributed by atoms with Gasteiger partial charge in [-0.1, -0.05) is 68.7 Å². The first-order valence-electron chi connectivity index (χ1n) is 17.0. The van der Waals surface area contributed by atoms with Crippen molar-refractivity contribution in [2.45, 2.75) is 145 Å². The number of aliphatic hydroxyl groups excluding tert-OH is 3. The lowest BCUT2D eigenvalue weighted by atomic mass is 9.34. The van der Waals surface area contributed by atoms with Crippen LogP contribution >= 0.6 is 0 Å². The van der Waals surface area contributed by atoms with Crippen molar-refractivity contribution in [1.29, 1.82) is 0 Å². The molecule has 0 aromatic rings. The van der Waals surface area contributed by atoms with E-state index in [1.54, 1.807) is 0 Å². The van der Waals surface area contributed by atoms with Crippen molar-refractivity contribution in [3.05, 3.63) is 0 Å². The van der Waals surface area contributed by atoms with E-state index in [9.17, 15) is 15.3 Å². The van der Waals surface area contributed by atoms with Gasteiger partial charge >= 0.3 is 0 Å². The van der Waals surface area contributed by atoms with E-state index in [1.165, 1.54) is 44.9 Å². The van der Waals surface area contributed by atoms with Crippen molar-refractivity contribution < 1.29 is 15.3 Å². The zero-order valence-electron chi connectivity index (χ0n) is 27.2. The Morgan fingerprint density at radius 2 is 1.41 bits per heavy atom. The number of rotatable bonds is 2. The lowest BCUT2D eigenvalue weighted by Gasteiger charge is -2.72. The van der Waals surface area contributed by atoms with E-state index in [4.69, 9.17) is 0 Å². The summed E-state index contributed by atoms with van der Waals surface area (Å²) in [5.74, 6) is 4.70. The average Bonchev–Trinajstić information content (AvgIpc) is 2.80. The van der Waals surface area contributed by atoms with Gasteiger partial charge in [0.1, 0.15) is 0 Å². The van der Waals surface area contributed by atoms with E-state index >= 15 is 0 Å². The van der Waals surface area contributed by atoms with Gasteiger partial charge in [0, 0.05) is 11.3 Å². The summed E-state index contributed by atoms with van der Waals surface area (Å²) >= 11 is 0. The Hall–Kier alpha value is -0.120. The molecule has 0 aromatic carbocycles. The summed E-state index contributed by atoms with van der Waals surface area (Å²) in [7, 11) is 0. The molecule has 14 atom stereocenters. The summed E-state index contributed by atoms with van der Waals surface area (Å²) in [6.45, 7) is 23.5. The molecular weight excluding hydrogens is 480 g/mol. The second kappa shape index (κ2) is 9.97. The van der Waals surface area contributed by atoms with Crippen LogP contribution in [-0.2, 0) is 0 Å². The Morgan fingerprint density at radius 3 is 1.97 bits per heavy atom. The Bertz CT molecular complexity index is 884. The fourth-order valence-corrected chi connectivity index (χ4v) is 13.1. The lowest BCUT2D eigenvalue weighted by Crippen LogP contribution is -2.70. The summed E-state index contributed by atoms with van der Waals surface area (Å²) in [5, 5.41) is 35.2. The first-order valence-corrected chi connectivity index (χ1v) is 17.0. The van der Waals surface area contributed by atoms with E-state index in [2.05, 4.69) is 62.3 Å². The predicted octanol–water partition coefficient (Wildman–Crippen LogP) is 7.95. The van der Waals surface area contributed by atoms with Crippen LogP contribution in [0.15, 0.2) is 0 Å². The maximum absolute atomic E-state index is 12.4. The minimum Gasteiger partial charge on any atom is -0.393 e. The molecule has 14 unspecified atom stereocenters. The standard InChI is InChI=1S/C36H64O3/c1-20-11-16-26(24-12-14-25(15-13-24)33(5,6)7)27-18-34(8)19-35(9)17-21(2)28(23(4)37)32(39)36(35,10)22(3)30(34)31(38)29(20)27/h20-32,37-39H,11-19H2,1-10H3. The molecule has 5 saturated carbocycles. The van der Waals surface area contributed by atoms with Crippen LogP contribution < -0.4 is 0 Å². The van der Waals surface area contributed by atoms with Gasteiger partial charge in [0.15, 0.2) is 0 Å². The van der Waals surface area contributed by atoms with Gasteiger partial charge in [-0.3, -0.25) is 0 Å². The Kier molecular flexibility index (Phi) is 7.76. The second-order valence-electron chi connectivity index (χ2n) is 18.1. The molecule has 0 spiro atoms. The molecule has 3 nitrogen and oxygen atoms in total. The van der Waals surface area contributed by atoms with E-state index < -0.39 is 12.2 Å². The Labute approximate surface area is 241 Å². The van der Waals surface area contributed by atoms with Crippen LogP contribution in [0.2, 0.25) is 0 Å². The molecule has 5 fully saturated rings. The highest BCUT2D eigenvalue weighted by molar-refractivity contribution is 5.18. The molecule has 5 rings (SSSR count). The Balaban J connectivity index is 1.46. The van der Waals surface area contributed by atoms with Gasteiger partial charge in [-0.2, -0.15) is 0 Å². The van der Waals surface area contributed by atoms with Crippen molar-refractivity contribution in [3.63, 3.8) is 0 Å². The normalized spacial score (nSPS) is 57.2. The zero-order valence-corrected chi connectivity index (χ0v) is 27.2. The molecule has 0 aliphatic heterocycles. The number of hydrogen-bond donors (Lipinski definition) is 3. The summed E-state index contributed by atoms with van der Waals surface area (Å²) in [6.07, 6.45) is 10.2. The summed E-state index contributed by atoms with van der Waals surface area (Å²) < 4.78 is 0. The number of hydrogen-bond acceptors (Lipinski definition) is 3. The molecule has 0 amide bonds. The topological polar surface area (TPSA) is 60.7 Å². The van der Waals surface area contributed by atoms with Crippen LogP contribution in [0.3, 0.4) is 0 Å². The summed E-state index contributed by atoms with van der Waals surface area (Å²) in [5.41, 5.74) is 0.227. The van der Waals surface area contributed by atoms with Gasteiger partial charge in [0.05, 0.1) is 18.3 Å². The van der Waals surface area contributed by atoms with Gasteiger partial charge in [-0.15, -0.1) is 0 Å². The van der Waals surface area contributed by atoms with Gasteiger partial charge in [0.25, 0.3) is 0 Å². The maximum Gasteiger partial charge on any atom is 0.0656 e. The molecule has 0 bridgehead atoms. The van der Waals surface area contributed by atoms with E-state index in [0.29, 0.717) is 29.1 Å². The van der Waals surface area contributed by atoms with Gasteiger partial charge in [0.2, 0.25) is 0 Å². The van der Waals surface area contributed by atoms with Crippen molar-refractivity contribution in [3.8, 4) is 0 Å². The van der Waals surface area contributed by atoms with Gasteiger partial charge < -0.3 is 15.3 Å². The third kappa shape index (κ3) is 4.52. The van der Waals surface area contributed by atoms with Crippen molar-refractivity contribution >= 4 is 0 Å². The molecule has 226 valence electrons. The van der Waals surface area contributed by atoms with Crippen molar-refractivity contribution in [1.82, 2.24) is 0 Å². The third-order valence-corrected chi connectivity index (χ3v) is 15.1. The van der Waals surface area contributed by atoms with Crippen LogP contribution in [0.4, 0.5) is 0 Å². The largest absolute Gasteiger partial charge is 0.393 e. The van der Waals surface area contributed by atoms with Crippen LogP contribution in [0, 0.1) is 80.8 Å². The van der Waals surface area contributed by atoms with E-state index in [1.807, 2.05) is 6.92 Å². The first-order chi connectivity index (χ1) is 18.0. The molecule has 0 heterocycles. The average molecular weight is 545 g/mol. The number of fused-ring (bicyclic) bond motifs is 3. The molecule has 0 saturated heterocycles. The minimum atomic E-state index is -0.537. The van der Waals surface area contributed by atoms with Crippen LogP contribution in [0.5, 0.6) is 0 Å². The monoisotopic (exact) mass is 544 g/mol. The van der Waals surface area contributed by atoms with Gasteiger partial charge in [-0.25, -0.2) is 0 Å². The fraction of sp³-hybridized carbons (Fsp3) is 1.00. The maximum atomic E-state index is 12.4. The van der Waals surface area contributed by atoms with Crippen molar-refractivity contribution in [2.24, 2.45) is 80.8 Å². The van der Waals surface area contributed by atoms with Crippen LogP contribution in [0.1, 0.15) is 127 Å². The van der Waals surface area contributed by atoms with Gasteiger partial charge in [-0.05, 0) is 128 Å². The molecule has 0 aromatic heterocycles. The molecular formula is C36H64O3. The predicted molar refractivity (Wildman–Crippen MR) is 161 cm³/mol. The highest BCUT2D eigenvalue weighted by atomic mass is 16.3. The molecule has 5 aliphatic carbocycles. The lowest BCUT2D eigenvalue weighted by molar-refractivity contribution is -0.280. The smallest absolute Gasteiger partial charge is 0.0656 e. The highest BCUT2D eigenvalue weighted by Gasteiger charge is 2.70. The van der Waals surface area contributed by atoms with E-state index in [0.717, 1.165) is 30.6 Å². The number of aliphatic hydroxyl groups is 3. The molecule has 39 heavy (non-hydrogen) atoms.